The summed E-state index contributed by atoms with van der Waals surface area (Å²) in [6.07, 6.45) is -4.34. The number of hydrogen-bond acceptors (Lipinski definition) is 3. The number of alkyl halides is 3. The minimum absolute atomic E-state index is 0.253. The molecule has 0 saturated carbocycles. The van der Waals surface area contributed by atoms with Crippen LogP contribution in [0.5, 0.6) is 0 Å². The molecular weight excluding hydrogens is 315 g/mol. The summed E-state index contributed by atoms with van der Waals surface area (Å²) in [4.78, 5) is 9.26. The van der Waals surface area contributed by atoms with Gasteiger partial charge in [0, 0.05) is 30.0 Å². The van der Waals surface area contributed by atoms with Crippen LogP contribution in [0.3, 0.4) is 0 Å². The topological polar surface area (TPSA) is 37.8 Å². The molecule has 4 rings (SSSR count). The second-order valence-electron chi connectivity index (χ2n) is 5.88. The van der Waals surface area contributed by atoms with Gasteiger partial charge in [0.05, 0.1) is 16.8 Å². The second-order valence-corrected chi connectivity index (χ2v) is 5.88. The van der Waals surface area contributed by atoms with E-state index in [0.717, 1.165) is 41.9 Å². The van der Waals surface area contributed by atoms with Crippen molar-refractivity contribution < 1.29 is 13.2 Å². The van der Waals surface area contributed by atoms with Crippen LogP contribution in [0.15, 0.2) is 48.5 Å². The fourth-order valence-electron chi connectivity index (χ4n) is 2.79. The van der Waals surface area contributed by atoms with Gasteiger partial charge in [-0.15, -0.1) is 0 Å². The lowest BCUT2D eigenvalue weighted by atomic mass is 10.00. The van der Waals surface area contributed by atoms with E-state index in [2.05, 4.69) is 15.3 Å². The van der Waals surface area contributed by atoms with Crippen molar-refractivity contribution in [3.63, 3.8) is 0 Å². The molecule has 0 aliphatic carbocycles. The van der Waals surface area contributed by atoms with Crippen molar-refractivity contribution >= 4 is 10.9 Å². The summed E-state index contributed by atoms with van der Waals surface area (Å²) in [5.74, 6) is 0.991. The van der Waals surface area contributed by atoms with Gasteiger partial charge in [-0.3, -0.25) is 0 Å². The first kappa shape index (κ1) is 15.1. The molecule has 0 bridgehead atoms. The van der Waals surface area contributed by atoms with Crippen molar-refractivity contribution in [2.24, 2.45) is 0 Å². The lowest BCUT2D eigenvalue weighted by Gasteiger charge is -2.26. The lowest BCUT2D eigenvalue weighted by molar-refractivity contribution is -0.137. The molecule has 0 radical (unpaired) electrons. The molecule has 24 heavy (non-hydrogen) atoms. The van der Waals surface area contributed by atoms with Crippen LogP contribution in [-0.4, -0.2) is 23.1 Å². The molecule has 122 valence electrons. The van der Waals surface area contributed by atoms with Crippen molar-refractivity contribution in [2.45, 2.75) is 12.1 Å². The Kier molecular flexibility index (Phi) is 3.49. The molecule has 3 nitrogen and oxygen atoms in total. The van der Waals surface area contributed by atoms with Gasteiger partial charge < -0.3 is 5.32 Å². The maximum absolute atomic E-state index is 12.8. The molecule has 1 saturated heterocycles. The fraction of sp³-hybridized carbons (Fsp3) is 0.222. The van der Waals surface area contributed by atoms with Gasteiger partial charge in [0.1, 0.15) is 5.82 Å². The van der Waals surface area contributed by atoms with Crippen molar-refractivity contribution in [2.75, 3.05) is 13.1 Å². The van der Waals surface area contributed by atoms with Crippen LogP contribution in [0.2, 0.25) is 0 Å². The normalized spacial score (nSPS) is 15.5. The van der Waals surface area contributed by atoms with Crippen LogP contribution in [0.1, 0.15) is 17.3 Å². The Morgan fingerprint density at radius 3 is 2.25 bits per heavy atom. The molecule has 2 heterocycles. The molecule has 1 aromatic heterocycles. The van der Waals surface area contributed by atoms with E-state index in [0.29, 0.717) is 11.3 Å². The van der Waals surface area contributed by atoms with E-state index in [1.807, 2.05) is 24.3 Å². The summed E-state index contributed by atoms with van der Waals surface area (Å²) in [5.41, 5.74) is 1.49. The van der Waals surface area contributed by atoms with E-state index in [4.69, 9.17) is 0 Å². The Labute approximate surface area is 136 Å². The van der Waals surface area contributed by atoms with E-state index < -0.39 is 11.7 Å². The van der Waals surface area contributed by atoms with Crippen molar-refractivity contribution in [1.29, 1.82) is 0 Å². The second kappa shape index (κ2) is 5.56. The number of para-hydroxylation sites is 1. The van der Waals surface area contributed by atoms with Gasteiger partial charge in [0.2, 0.25) is 0 Å². The van der Waals surface area contributed by atoms with E-state index in [1.54, 1.807) is 0 Å². The summed E-state index contributed by atoms with van der Waals surface area (Å²) in [7, 11) is 0. The number of benzene rings is 2. The van der Waals surface area contributed by atoms with E-state index in [9.17, 15) is 13.2 Å². The maximum Gasteiger partial charge on any atom is 0.416 e. The van der Waals surface area contributed by atoms with Crippen LogP contribution in [-0.2, 0) is 6.18 Å². The molecular formula is C18H14F3N3. The number of halogens is 3. The van der Waals surface area contributed by atoms with Gasteiger partial charge in [0.25, 0.3) is 0 Å². The van der Waals surface area contributed by atoms with Crippen LogP contribution in [0, 0.1) is 0 Å². The average Bonchev–Trinajstić information content (AvgIpc) is 2.52. The first-order valence-electron chi connectivity index (χ1n) is 7.67. The van der Waals surface area contributed by atoms with E-state index in [-0.39, 0.29) is 5.92 Å². The third-order valence-corrected chi connectivity index (χ3v) is 4.25. The fourth-order valence-corrected chi connectivity index (χ4v) is 2.79. The van der Waals surface area contributed by atoms with E-state index in [1.165, 1.54) is 12.1 Å². The smallest absolute Gasteiger partial charge is 0.315 e. The Morgan fingerprint density at radius 1 is 0.917 bits per heavy atom. The monoisotopic (exact) mass is 329 g/mol. The molecule has 2 aromatic carbocycles. The first-order chi connectivity index (χ1) is 11.5. The van der Waals surface area contributed by atoms with Gasteiger partial charge in [-0.25, -0.2) is 9.97 Å². The highest BCUT2D eigenvalue weighted by molar-refractivity contribution is 5.92. The van der Waals surface area contributed by atoms with Crippen LogP contribution in [0.25, 0.3) is 22.2 Å². The van der Waals surface area contributed by atoms with E-state index >= 15 is 0 Å². The molecule has 6 heteroatoms. The van der Waals surface area contributed by atoms with Crippen molar-refractivity contribution in [1.82, 2.24) is 15.3 Å². The van der Waals surface area contributed by atoms with Gasteiger partial charge in [-0.05, 0) is 18.2 Å². The zero-order chi connectivity index (χ0) is 16.7. The highest BCUT2D eigenvalue weighted by Crippen LogP contribution is 2.33. The van der Waals surface area contributed by atoms with Crippen LogP contribution < -0.4 is 5.32 Å². The average molecular weight is 329 g/mol. The van der Waals surface area contributed by atoms with Crippen molar-refractivity contribution in [3.8, 4) is 11.3 Å². The predicted octanol–water partition coefficient (Wildman–Crippen LogP) is 4.00. The van der Waals surface area contributed by atoms with Gasteiger partial charge in [-0.1, -0.05) is 30.3 Å². The SMILES string of the molecule is FC(F)(F)c1ccc(-c2nc(C3CNC3)nc3ccccc23)cc1. The predicted molar refractivity (Wildman–Crippen MR) is 85.6 cm³/mol. The quantitative estimate of drug-likeness (QED) is 0.772. The molecule has 0 amide bonds. The Balaban J connectivity index is 1.85. The number of fused-ring (bicyclic) bond motifs is 1. The zero-order valence-electron chi connectivity index (χ0n) is 12.6. The summed E-state index contributed by atoms with van der Waals surface area (Å²) in [5, 5.41) is 4.03. The molecule has 0 spiro atoms. The third kappa shape index (κ3) is 2.63. The number of hydrogen-bond donors (Lipinski definition) is 1. The van der Waals surface area contributed by atoms with Crippen LogP contribution in [0.4, 0.5) is 13.2 Å². The van der Waals surface area contributed by atoms with Gasteiger partial charge >= 0.3 is 6.18 Å². The molecule has 1 fully saturated rings. The van der Waals surface area contributed by atoms with Gasteiger partial charge in [-0.2, -0.15) is 13.2 Å². The Bertz CT molecular complexity index is 884. The molecule has 1 N–H and O–H groups in total. The Hall–Kier alpha value is -2.47. The Morgan fingerprint density at radius 2 is 1.62 bits per heavy atom. The summed E-state index contributed by atoms with van der Waals surface area (Å²) in [6, 6.07) is 12.7. The molecule has 3 aromatic rings. The minimum Gasteiger partial charge on any atom is -0.315 e. The standard InChI is InChI=1S/C18H14F3N3/c19-18(20,21)13-7-5-11(6-8-13)16-14-3-1-2-4-15(14)23-17(24-16)12-9-22-10-12/h1-8,12,22H,9-10H2. The maximum atomic E-state index is 12.8. The number of rotatable bonds is 2. The summed E-state index contributed by atoms with van der Waals surface area (Å²) < 4.78 is 38.3. The zero-order valence-corrected chi connectivity index (χ0v) is 12.6. The molecule has 0 unspecified atom stereocenters. The molecule has 1 aliphatic heterocycles. The van der Waals surface area contributed by atoms with Crippen LogP contribution >= 0.6 is 0 Å². The first-order valence-corrected chi connectivity index (χ1v) is 7.67. The largest absolute Gasteiger partial charge is 0.416 e. The molecule has 0 atom stereocenters. The third-order valence-electron chi connectivity index (χ3n) is 4.25. The highest BCUT2D eigenvalue weighted by atomic mass is 19.4. The lowest BCUT2D eigenvalue weighted by Crippen LogP contribution is -2.40. The minimum atomic E-state index is -4.34. The summed E-state index contributed by atoms with van der Waals surface area (Å²) in [6.45, 7) is 1.65. The number of nitrogens with zero attached hydrogens (tertiary/aromatic N) is 2. The molecule has 1 aliphatic rings. The number of aromatic nitrogens is 2. The van der Waals surface area contributed by atoms with Crippen molar-refractivity contribution in [3.05, 3.63) is 59.9 Å². The highest BCUT2D eigenvalue weighted by Gasteiger charge is 2.30. The van der Waals surface area contributed by atoms with Gasteiger partial charge in [0.15, 0.2) is 0 Å². The number of nitrogens with one attached hydrogen (secondary N) is 1. The summed E-state index contributed by atoms with van der Waals surface area (Å²) >= 11 is 0.